The van der Waals surface area contributed by atoms with Crippen molar-refractivity contribution in [3.8, 4) is 0 Å². The Morgan fingerprint density at radius 3 is 2.63 bits per heavy atom. The molecular weight excluding hydrogens is 258 g/mol. The summed E-state index contributed by atoms with van der Waals surface area (Å²) in [5.41, 5.74) is 6.25. The van der Waals surface area contributed by atoms with E-state index in [9.17, 15) is 4.79 Å². The second-order valence-electron chi connectivity index (χ2n) is 4.84. The first kappa shape index (κ1) is 13.7. The number of nitrogens with one attached hydrogen (secondary N) is 1. The molecule has 2 aromatic rings. The van der Waals surface area contributed by atoms with Crippen LogP contribution in [0, 0.1) is 0 Å². The van der Waals surface area contributed by atoms with E-state index in [1.165, 1.54) is 11.3 Å². The molecule has 1 atom stereocenters. The van der Waals surface area contributed by atoms with Gasteiger partial charge in [-0.25, -0.2) is 4.98 Å². The molecule has 2 rings (SSSR count). The van der Waals surface area contributed by atoms with E-state index in [-0.39, 0.29) is 5.91 Å². The van der Waals surface area contributed by atoms with Gasteiger partial charge >= 0.3 is 0 Å². The number of nitrogens with zero attached hydrogens (tertiary/aromatic N) is 1. The second-order valence-corrected chi connectivity index (χ2v) is 5.73. The second kappa shape index (κ2) is 5.50. The number of amides is 1. The molecule has 0 unspecified atom stereocenters. The molecule has 0 spiro atoms. The molecule has 5 heteroatoms. The fourth-order valence-corrected chi connectivity index (χ4v) is 2.50. The lowest BCUT2D eigenvalue weighted by Crippen LogP contribution is -2.45. The lowest BCUT2D eigenvalue weighted by atomic mass is 10.0. The zero-order valence-electron chi connectivity index (χ0n) is 11.0. The Morgan fingerprint density at radius 2 is 2.05 bits per heavy atom. The Hall–Kier alpha value is -1.72. The zero-order chi connectivity index (χ0) is 13.9. The predicted molar refractivity (Wildman–Crippen MR) is 76.7 cm³/mol. The number of aromatic nitrogens is 1. The molecule has 0 fully saturated rings. The van der Waals surface area contributed by atoms with E-state index in [1.54, 1.807) is 6.20 Å². The minimum absolute atomic E-state index is 0.202. The predicted octanol–water partition coefficient (Wildman–Crippen LogP) is 2.19. The summed E-state index contributed by atoms with van der Waals surface area (Å²) in [6, 6.07) is 8.66. The fraction of sp³-hybridized carbons (Fsp3) is 0.286. The highest BCUT2D eigenvalue weighted by Crippen LogP contribution is 2.23. The number of carbonyl (C=O) groups is 1. The highest BCUT2D eigenvalue weighted by atomic mass is 32.1. The third kappa shape index (κ3) is 3.19. The molecule has 4 nitrogen and oxygen atoms in total. The third-order valence-electron chi connectivity index (χ3n) is 2.84. The van der Waals surface area contributed by atoms with Gasteiger partial charge in [0.2, 0.25) is 5.91 Å². The monoisotopic (exact) mass is 275 g/mol. The summed E-state index contributed by atoms with van der Waals surface area (Å²) in [5.74, 6) is -0.202. The van der Waals surface area contributed by atoms with Crippen LogP contribution in [-0.2, 0) is 10.3 Å². The van der Waals surface area contributed by atoms with Crippen LogP contribution in [0.5, 0.6) is 0 Å². The van der Waals surface area contributed by atoms with Crippen LogP contribution in [0.15, 0.2) is 41.9 Å². The first-order chi connectivity index (χ1) is 9.00. The molecule has 19 heavy (non-hydrogen) atoms. The quantitative estimate of drug-likeness (QED) is 0.898. The van der Waals surface area contributed by atoms with Gasteiger partial charge < -0.3 is 11.1 Å². The topological polar surface area (TPSA) is 68.0 Å². The van der Waals surface area contributed by atoms with Gasteiger partial charge in [0.1, 0.15) is 11.0 Å². The summed E-state index contributed by atoms with van der Waals surface area (Å²) in [5, 5.41) is 5.69. The average Bonchev–Trinajstić information content (AvgIpc) is 2.93. The van der Waals surface area contributed by atoms with Crippen LogP contribution in [0.3, 0.4) is 0 Å². The Balaban J connectivity index is 2.09. The number of hydrogen-bond donors (Lipinski definition) is 2. The Kier molecular flexibility index (Phi) is 3.97. The van der Waals surface area contributed by atoms with Gasteiger partial charge in [-0.3, -0.25) is 4.79 Å². The molecule has 100 valence electrons. The largest absolute Gasteiger partial charge is 0.343 e. The van der Waals surface area contributed by atoms with Crippen molar-refractivity contribution in [1.82, 2.24) is 10.3 Å². The lowest BCUT2D eigenvalue weighted by Gasteiger charge is -2.25. The van der Waals surface area contributed by atoms with Crippen LogP contribution in [0.25, 0.3) is 0 Å². The molecule has 3 N–H and O–H groups in total. The molecule has 1 aromatic carbocycles. The van der Waals surface area contributed by atoms with Crippen molar-refractivity contribution < 1.29 is 4.79 Å². The molecule has 1 aromatic heterocycles. The van der Waals surface area contributed by atoms with Crippen LogP contribution in [0.1, 0.15) is 30.5 Å². The van der Waals surface area contributed by atoms with E-state index in [0.29, 0.717) is 0 Å². The van der Waals surface area contributed by atoms with Gasteiger partial charge in [-0.1, -0.05) is 30.3 Å². The zero-order valence-corrected chi connectivity index (χ0v) is 11.8. The van der Waals surface area contributed by atoms with Gasteiger partial charge in [0, 0.05) is 11.6 Å². The maximum absolute atomic E-state index is 12.2. The first-order valence-corrected chi connectivity index (χ1v) is 6.91. The van der Waals surface area contributed by atoms with Gasteiger partial charge in [-0.2, -0.15) is 0 Å². The van der Waals surface area contributed by atoms with Crippen LogP contribution < -0.4 is 11.1 Å². The van der Waals surface area contributed by atoms with Crippen molar-refractivity contribution >= 4 is 17.2 Å². The normalized spacial score (nSPS) is 13.0. The van der Waals surface area contributed by atoms with Crippen molar-refractivity contribution in [2.24, 2.45) is 5.73 Å². The van der Waals surface area contributed by atoms with Gasteiger partial charge in [-0.05, 0) is 19.4 Å². The fourth-order valence-electron chi connectivity index (χ4n) is 1.78. The van der Waals surface area contributed by atoms with Crippen LogP contribution in [0.2, 0.25) is 0 Å². The van der Waals surface area contributed by atoms with Gasteiger partial charge in [0.25, 0.3) is 0 Å². The van der Waals surface area contributed by atoms with E-state index < -0.39 is 11.6 Å². The Morgan fingerprint density at radius 1 is 1.37 bits per heavy atom. The van der Waals surface area contributed by atoms with E-state index in [2.05, 4.69) is 10.3 Å². The van der Waals surface area contributed by atoms with Crippen molar-refractivity contribution in [3.63, 3.8) is 0 Å². The van der Waals surface area contributed by atoms with Gasteiger partial charge in [0.15, 0.2) is 0 Å². The SMILES string of the molecule is CC(C)(NC(=O)[C@H](N)c1ccccc1)c1nccs1. The highest BCUT2D eigenvalue weighted by molar-refractivity contribution is 7.09. The lowest BCUT2D eigenvalue weighted by molar-refractivity contribution is -0.124. The number of hydrogen-bond acceptors (Lipinski definition) is 4. The molecule has 0 aliphatic rings. The van der Waals surface area contributed by atoms with E-state index in [4.69, 9.17) is 5.73 Å². The van der Waals surface area contributed by atoms with Crippen LogP contribution in [-0.4, -0.2) is 10.9 Å². The van der Waals surface area contributed by atoms with E-state index in [0.717, 1.165) is 10.6 Å². The molecule has 0 aliphatic carbocycles. The summed E-state index contributed by atoms with van der Waals surface area (Å²) in [7, 11) is 0. The summed E-state index contributed by atoms with van der Waals surface area (Å²) >= 11 is 1.51. The number of benzene rings is 1. The van der Waals surface area contributed by atoms with Crippen LogP contribution >= 0.6 is 11.3 Å². The van der Waals surface area contributed by atoms with Crippen molar-refractivity contribution in [2.75, 3.05) is 0 Å². The Bertz CT molecular complexity index is 537. The standard InChI is InChI=1S/C14H17N3OS/c1-14(2,13-16-8-9-19-13)17-12(18)11(15)10-6-4-3-5-7-10/h3-9,11H,15H2,1-2H3,(H,17,18)/t11-/m1/s1. The molecule has 0 bridgehead atoms. The van der Waals surface area contributed by atoms with Crippen LogP contribution in [0.4, 0.5) is 0 Å². The summed E-state index contributed by atoms with van der Waals surface area (Å²) in [6.45, 7) is 3.84. The molecule has 0 aliphatic heterocycles. The first-order valence-electron chi connectivity index (χ1n) is 6.03. The molecule has 1 amide bonds. The highest BCUT2D eigenvalue weighted by Gasteiger charge is 2.28. The molecule has 0 radical (unpaired) electrons. The summed E-state index contributed by atoms with van der Waals surface area (Å²) in [4.78, 5) is 16.4. The van der Waals surface area contributed by atoms with Gasteiger partial charge in [-0.15, -0.1) is 11.3 Å². The molecule has 0 saturated carbocycles. The molecular formula is C14H17N3OS. The summed E-state index contributed by atoms with van der Waals surface area (Å²) < 4.78 is 0. The number of carbonyl (C=O) groups excluding carboxylic acids is 1. The number of nitrogens with two attached hydrogens (primary N) is 1. The smallest absolute Gasteiger partial charge is 0.242 e. The number of thiazole rings is 1. The van der Waals surface area contributed by atoms with Crippen molar-refractivity contribution in [1.29, 1.82) is 0 Å². The number of rotatable bonds is 4. The van der Waals surface area contributed by atoms with E-state index in [1.807, 2.05) is 49.6 Å². The van der Waals surface area contributed by atoms with Gasteiger partial charge in [0.05, 0.1) is 5.54 Å². The minimum atomic E-state index is -0.666. The minimum Gasteiger partial charge on any atom is -0.343 e. The van der Waals surface area contributed by atoms with E-state index >= 15 is 0 Å². The maximum atomic E-state index is 12.2. The molecule has 0 saturated heterocycles. The third-order valence-corrected chi connectivity index (χ3v) is 3.94. The summed E-state index contributed by atoms with van der Waals surface area (Å²) in [6.07, 6.45) is 1.73. The maximum Gasteiger partial charge on any atom is 0.242 e. The van der Waals surface area contributed by atoms with Crippen molar-refractivity contribution in [2.45, 2.75) is 25.4 Å². The van der Waals surface area contributed by atoms with Crippen molar-refractivity contribution in [3.05, 3.63) is 52.5 Å². The average molecular weight is 275 g/mol. The molecule has 1 heterocycles. The Labute approximate surface area is 116 Å².